The normalized spacial score (nSPS) is 26.2. The number of hydrogen-bond acceptors (Lipinski definition) is 4. The molecule has 5 heteroatoms. The summed E-state index contributed by atoms with van der Waals surface area (Å²) in [4.78, 5) is 2.48. The fourth-order valence-electron chi connectivity index (χ4n) is 4.69. The molecule has 1 saturated heterocycles. The predicted molar refractivity (Wildman–Crippen MR) is 101 cm³/mol. The molecular weight excluding hydrogens is 333 g/mol. The van der Waals surface area contributed by atoms with Crippen LogP contribution in [-0.4, -0.2) is 50.1 Å². The lowest BCUT2D eigenvalue weighted by Crippen LogP contribution is -2.49. The van der Waals surface area contributed by atoms with Gasteiger partial charge in [0.1, 0.15) is 0 Å². The average molecular weight is 365 g/mol. The van der Waals surface area contributed by atoms with E-state index in [1.54, 1.807) is 14.2 Å². The van der Waals surface area contributed by atoms with Crippen molar-refractivity contribution in [3.63, 3.8) is 0 Å². The third-order valence-corrected chi connectivity index (χ3v) is 6.18. The number of ether oxygens (including phenoxy) is 2. The Bertz CT molecular complexity index is 634. The lowest BCUT2D eigenvalue weighted by Gasteiger charge is -2.47. The maximum Gasteiger partial charge on any atom is 0.161 e. The summed E-state index contributed by atoms with van der Waals surface area (Å²) in [5, 5.41) is 10.8. The summed E-state index contributed by atoms with van der Waals surface area (Å²) in [5.41, 5.74) is 2.46. The van der Waals surface area contributed by atoms with E-state index in [-0.39, 0.29) is 30.2 Å². The number of benzene rings is 1. The van der Waals surface area contributed by atoms with Gasteiger partial charge in [0, 0.05) is 19.1 Å². The van der Waals surface area contributed by atoms with Crippen LogP contribution in [0.4, 0.5) is 4.39 Å². The molecule has 0 radical (unpaired) electrons. The van der Waals surface area contributed by atoms with Crippen molar-refractivity contribution in [1.82, 2.24) is 4.90 Å². The Morgan fingerprint density at radius 1 is 1.23 bits per heavy atom. The van der Waals surface area contributed by atoms with E-state index in [1.807, 2.05) is 0 Å². The van der Waals surface area contributed by atoms with Gasteiger partial charge in [-0.2, -0.15) is 0 Å². The van der Waals surface area contributed by atoms with Crippen LogP contribution in [0.15, 0.2) is 12.1 Å². The van der Waals surface area contributed by atoms with Crippen molar-refractivity contribution in [3.05, 3.63) is 23.3 Å². The number of fused-ring (bicyclic) bond motifs is 3. The molecule has 1 aromatic carbocycles. The Balaban J connectivity index is 1.80. The minimum Gasteiger partial charge on any atom is -0.493 e. The number of piperidine rings is 1. The van der Waals surface area contributed by atoms with Gasteiger partial charge < -0.3 is 14.6 Å². The molecule has 146 valence electrons. The van der Waals surface area contributed by atoms with Gasteiger partial charge in [-0.1, -0.05) is 13.8 Å². The van der Waals surface area contributed by atoms with Crippen LogP contribution >= 0.6 is 0 Å². The molecule has 26 heavy (non-hydrogen) atoms. The molecule has 0 unspecified atom stereocenters. The SMILES string of the molecule is COc1cc2c(cc1OC)[C@H]1C[C@@H](O)[C@H](CC(C)(C)CCF)CN1CC2. The summed E-state index contributed by atoms with van der Waals surface area (Å²) in [7, 11) is 3.32. The number of aliphatic hydroxyl groups excluding tert-OH is 1. The first-order chi connectivity index (χ1) is 12.4. The smallest absolute Gasteiger partial charge is 0.161 e. The topological polar surface area (TPSA) is 41.9 Å². The van der Waals surface area contributed by atoms with Crippen molar-refractivity contribution in [2.75, 3.05) is 34.0 Å². The highest BCUT2D eigenvalue weighted by atomic mass is 19.1. The molecule has 0 aliphatic carbocycles. The number of alkyl halides is 1. The number of aliphatic hydroxyl groups is 1. The largest absolute Gasteiger partial charge is 0.493 e. The second-order valence-corrected chi connectivity index (χ2v) is 8.54. The summed E-state index contributed by atoms with van der Waals surface area (Å²) in [6.07, 6.45) is 2.76. The van der Waals surface area contributed by atoms with E-state index < -0.39 is 0 Å². The van der Waals surface area contributed by atoms with Gasteiger partial charge in [-0.05, 0) is 60.3 Å². The molecule has 2 aliphatic heterocycles. The Kier molecular flexibility index (Phi) is 5.78. The molecule has 0 spiro atoms. The van der Waals surface area contributed by atoms with Gasteiger partial charge in [-0.15, -0.1) is 0 Å². The van der Waals surface area contributed by atoms with Gasteiger partial charge >= 0.3 is 0 Å². The first-order valence-electron chi connectivity index (χ1n) is 9.61. The monoisotopic (exact) mass is 365 g/mol. The maximum atomic E-state index is 12.8. The Morgan fingerprint density at radius 2 is 1.92 bits per heavy atom. The van der Waals surface area contributed by atoms with E-state index in [9.17, 15) is 9.50 Å². The summed E-state index contributed by atoms with van der Waals surface area (Å²) in [6.45, 7) is 5.77. The zero-order valence-electron chi connectivity index (χ0n) is 16.4. The lowest BCUT2D eigenvalue weighted by atomic mass is 9.74. The van der Waals surface area contributed by atoms with Crippen LogP contribution < -0.4 is 9.47 Å². The highest BCUT2D eigenvalue weighted by Gasteiger charge is 2.40. The molecule has 0 amide bonds. The molecule has 4 nitrogen and oxygen atoms in total. The Labute approximate surface area is 156 Å². The summed E-state index contributed by atoms with van der Waals surface area (Å²) in [6, 6.07) is 4.37. The van der Waals surface area contributed by atoms with E-state index in [0.29, 0.717) is 6.42 Å². The fourth-order valence-corrected chi connectivity index (χ4v) is 4.69. The third kappa shape index (κ3) is 3.84. The zero-order valence-corrected chi connectivity index (χ0v) is 16.4. The van der Waals surface area contributed by atoms with E-state index in [0.717, 1.165) is 43.9 Å². The fraction of sp³-hybridized carbons (Fsp3) is 0.714. The van der Waals surface area contributed by atoms with E-state index in [4.69, 9.17) is 9.47 Å². The number of hydrogen-bond donors (Lipinski definition) is 1. The first kappa shape index (κ1) is 19.4. The van der Waals surface area contributed by atoms with Crippen molar-refractivity contribution in [2.45, 2.75) is 51.7 Å². The van der Waals surface area contributed by atoms with Gasteiger partial charge in [-0.3, -0.25) is 9.29 Å². The highest BCUT2D eigenvalue weighted by Crippen LogP contribution is 2.44. The van der Waals surface area contributed by atoms with Crippen LogP contribution in [0.1, 0.15) is 50.3 Å². The van der Waals surface area contributed by atoms with Gasteiger partial charge in [0.05, 0.1) is 27.0 Å². The van der Waals surface area contributed by atoms with Crippen LogP contribution in [0.5, 0.6) is 11.5 Å². The average Bonchev–Trinajstić information content (AvgIpc) is 2.60. The van der Waals surface area contributed by atoms with Gasteiger partial charge in [0.25, 0.3) is 0 Å². The lowest BCUT2D eigenvalue weighted by molar-refractivity contribution is -0.0287. The van der Waals surface area contributed by atoms with Crippen LogP contribution in [0.3, 0.4) is 0 Å². The zero-order chi connectivity index (χ0) is 18.9. The molecule has 3 atom stereocenters. The molecule has 0 aromatic heterocycles. The third-order valence-electron chi connectivity index (χ3n) is 6.18. The van der Waals surface area contributed by atoms with Crippen molar-refractivity contribution < 1.29 is 19.0 Å². The second-order valence-electron chi connectivity index (χ2n) is 8.54. The highest BCUT2D eigenvalue weighted by molar-refractivity contribution is 5.49. The van der Waals surface area contributed by atoms with Crippen molar-refractivity contribution in [3.8, 4) is 11.5 Å². The standard InChI is InChI=1S/C21H32FNO3/c1-21(2,6-7-22)12-15-13-23-8-5-14-9-19(25-3)20(26-4)10-16(14)17(23)11-18(15)24/h9-10,15,17-18,24H,5-8,11-13H2,1-4H3/t15-,17-,18-/m1/s1. The molecule has 1 aromatic rings. The molecular formula is C21H32FNO3. The van der Waals surface area contributed by atoms with Gasteiger partial charge in [0.2, 0.25) is 0 Å². The minimum atomic E-state index is -0.353. The number of halogens is 1. The number of nitrogens with zero attached hydrogens (tertiary/aromatic N) is 1. The molecule has 3 rings (SSSR count). The first-order valence-corrected chi connectivity index (χ1v) is 9.61. The maximum absolute atomic E-state index is 12.8. The number of methoxy groups -OCH3 is 2. The predicted octanol–water partition coefficient (Wildman–Crippen LogP) is 3.76. The van der Waals surface area contributed by atoms with E-state index in [2.05, 4.69) is 30.9 Å². The molecule has 2 aliphatic rings. The molecule has 2 heterocycles. The Morgan fingerprint density at radius 3 is 2.58 bits per heavy atom. The van der Waals surface area contributed by atoms with Crippen LogP contribution in [0.25, 0.3) is 0 Å². The van der Waals surface area contributed by atoms with Crippen LogP contribution in [0, 0.1) is 11.3 Å². The van der Waals surface area contributed by atoms with Crippen molar-refractivity contribution in [1.29, 1.82) is 0 Å². The van der Waals surface area contributed by atoms with E-state index >= 15 is 0 Å². The molecule has 1 fully saturated rings. The summed E-state index contributed by atoms with van der Waals surface area (Å²) in [5.74, 6) is 1.71. The number of rotatable bonds is 6. The molecule has 1 N–H and O–H groups in total. The summed E-state index contributed by atoms with van der Waals surface area (Å²) < 4.78 is 23.7. The molecule has 0 bridgehead atoms. The van der Waals surface area contributed by atoms with Crippen molar-refractivity contribution in [2.24, 2.45) is 11.3 Å². The Hall–Kier alpha value is -1.33. The van der Waals surface area contributed by atoms with Gasteiger partial charge in [-0.25, -0.2) is 0 Å². The van der Waals surface area contributed by atoms with Crippen LogP contribution in [0.2, 0.25) is 0 Å². The molecule has 0 saturated carbocycles. The minimum absolute atomic E-state index is 0.0719. The quantitative estimate of drug-likeness (QED) is 0.833. The van der Waals surface area contributed by atoms with Gasteiger partial charge in [0.15, 0.2) is 11.5 Å². The summed E-state index contributed by atoms with van der Waals surface area (Å²) >= 11 is 0. The van der Waals surface area contributed by atoms with Crippen molar-refractivity contribution >= 4 is 0 Å². The van der Waals surface area contributed by atoms with Crippen LogP contribution in [-0.2, 0) is 6.42 Å². The van der Waals surface area contributed by atoms with E-state index in [1.165, 1.54) is 11.1 Å². The second kappa shape index (κ2) is 7.73.